The van der Waals surface area contributed by atoms with Gasteiger partial charge in [0.1, 0.15) is 9.75 Å². The number of rotatable bonds is 4. The van der Waals surface area contributed by atoms with Crippen molar-refractivity contribution in [3.8, 4) is 0 Å². The van der Waals surface area contributed by atoms with Crippen LogP contribution >= 0.6 is 69.6 Å². The van der Waals surface area contributed by atoms with Crippen LogP contribution in [0.5, 0.6) is 0 Å². The van der Waals surface area contributed by atoms with E-state index in [2.05, 4.69) is 0 Å². The van der Waals surface area contributed by atoms with Crippen LogP contribution < -0.4 is 0 Å². The van der Waals surface area contributed by atoms with E-state index in [1.807, 2.05) is 0 Å². The molecule has 0 heterocycles. The van der Waals surface area contributed by atoms with Gasteiger partial charge in [-0.1, -0.05) is 46.4 Å². The molecule has 1 fully saturated rings. The fraction of sp³-hybridized carbons (Fsp3) is 0.714. The summed E-state index contributed by atoms with van der Waals surface area (Å²) in [5, 5.41) is 0.524. The van der Waals surface area contributed by atoms with E-state index in [0.717, 1.165) is 0 Å². The number of allylic oxidation sites excluding steroid dienone is 1. The maximum Gasteiger partial charge on any atom is 0.218 e. The molecule has 3 rings (SSSR count). The normalized spacial score (nSPS) is 42.2. The predicted molar refractivity (Wildman–Crippen MR) is 95.1 cm³/mol. The first kappa shape index (κ1) is 19.8. The molecule has 2 bridgehead atoms. The van der Waals surface area contributed by atoms with Gasteiger partial charge in [0.25, 0.3) is 0 Å². The second-order valence-corrected chi connectivity index (χ2v) is 8.50. The van der Waals surface area contributed by atoms with E-state index in [0.29, 0.717) is 0 Å². The van der Waals surface area contributed by atoms with Gasteiger partial charge < -0.3 is 18.9 Å². The van der Waals surface area contributed by atoms with Crippen LogP contribution in [0.25, 0.3) is 0 Å². The lowest BCUT2D eigenvalue weighted by Crippen LogP contribution is -2.60. The fourth-order valence-corrected chi connectivity index (χ4v) is 7.54. The average molecular weight is 459 g/mol. The Bertz CT molecular complexity index is 656. The molecule has 3 aliphatic carbocycles. The number of halogens is 6. The number of hydrogen-bond donors (Lipinski definition) is 0. The maximum atomic E-state index is 7.02. The summed E-state index contributed by atoms with van der Waals surface area (Å²) in [7, 11) is 5.65. The molecule has 4 atom stereocenters. The SMILES string of the molecule is COC1(OC)C(Cl)=C(Cl)[C@@H]2[C@H]1[C@]1(Cl)C(Cl)=C(Cl)[C@]2(Cl)C1(OC)OC. The highest BCUT2D eigenvalue weighted by Gasteiger charge is 2.90. The summed E-state index contributed by atoms with van der Waals surface area (Å²) in [4.78, 5) is -3.04. The Morgan fingerprint density at radius 3 is 1.58 bits per heavy atom. The van der Waals surface area contributed by atoms with E-state index in [1.54, 1.807) is 0 Å². The molecular weight excluding hydrogens is 445 g/mol. The Balaban J connectivity index is 2.41. The van der Waals surface area contributed by atoms with E-state index in [9.17, 15) is 0 Å². The first-order valence-electron chi connectivity index (χ1n) is 6.82. The molecule has 0 N–H and O–H groups in total. The van der Waals surface area contributed by atoms with Crippen molar-refractivity contribution < 1.29 is 18.9 Å². The Hall–Kier alpha value is 1.06. The van der Waals surface area contributed by atoms with Gasteiger partial charge in [0.2, 0.25) is 11.6 Å². The third-order valence-electron chi connectivity index (χ3n) is 5.36. The van der Waals surface area contributed by atoms with E-state index in [-0.39, 0.29) is 20.1 Å². The number of ether oxygens (including phenoxy) is 4. The quantitative estimate of drug-likeness (QED) is 0.456. The minimum Gasteiger partial charge on any atom is -0.350 e. The maximum absolute atomic E-state index is 7.02. The summed E-state index contributed by atoms with van der Waals surface area (Å²) in [5.41, 5.74) is 0. The molecule has 136 valence electrons. The summed E-state index contributed by atoms with van der Waals surface area (Å²) >= 11 is 39.9. The molecule has 0 unspecified atom stereocenters. The average Bonchev–Trinajstić information content (AvgIpc) is 2.97. The van der Waals surface area contributed by atoms with Crippen molar-refractivity contribution in [1.82, 2.24) is 0 Å². The molecule has 10 heteroatoms. The largest absolute Gasteiger partial charge is 0.350 e. The molecule has 4 nitrogen and oxygen atoms in total. The number of methoxy groups -OCH3 is 4. The second kappa shape index (κ2) is 5.78. The molecule has 0 saturated heterocycles. The molecule has 0 aliphatic heterocycles. The van der Waals surface area contributed by atoms with Crippen LogP contribution in [0.1, 0.15) is 0 Å². The monoisotopic (exact) mass is 456 g/mol. The summed E-state index contributed by atoms with van der Waals surface area (Å²) in [5.74, 6) is -4.51. The van der Waals surface area contributed by atoms with E-state index in [1.165, 1.54) is 28.4 Å². The van der Waals surface area contributed by atoms with Gasteiger partial charge in [-0.2, -0.15) is 0 Å². The van der Waals surface area contributed by atoms with Crippen molar-refractivity contribution in [2.24, 2.45) is 11.8 Å². The smallest absolute Gasteiger partial charge is 0.218 e. The van der Waals surface area contributed by atoms with Crippen LogP contribution in [0.3, 0.4) is 0 Å². The van der Waals surface area contributed by atoms with Crippen molar-refractivity contribution in [1.29, 1.82) is 0 Å². The van der Waals surface area contributed by atoms with Gasteiger partial charge in [0.05, 0.1) is 21.0 Å². The minimum atomic E-state index is -1.60. The van der Waals surface area contributed by atoms with Crippen LogP contribution in [0, 0.1) is 11.8 Å². The van der Waals surface area contributed by atoms with Gasteiger partial charge in [-0.05, 0) is 0 Å². The van der Waals surface area contributed by atoms with Gasteiger partial charge in [-0.25, -0.2) is 0 Å². The van der Waals surface area contributed by atoms with Gasteiger partial charge in [0, 0.05) is 39.4 Å². The van der Waals surface area contributed by atoms with Gasteiger partial charge in [-0.3, -0.25) is 0 Å². The Morgan fingerprint density at radius 1 is 0.708 bits per heavy atom. The van der Waals surface area contributed by atoms with Crippen LogP contribution in [0.15, 0.2) is 20.1 Å². The highest BCUT2D eigenvalue weighted by atomic mass is 35.5. The molecule has 24 heavy (non-hydrogen) atoms. The zero-order valence-corrected chi connectivity index (χ0v) is 17.6. The Labute approximate surface area is 169 Å². The zero-order valence-electron chi connectivity index (χ0n) is 13.1. The molecular formula is C14H14Cl6O4. The van der Waals surface area contributed by atoms with E-state index in [4.69, 9.17) is 88.6 Å². The standard InChI is InChI=1S/C14H14Cl6O4/c1-21-13(22-2)7-5(6(15)8(13)16)11(19)9(17)10(18)12(7,20)14(11,23-3)24-4/h5,7H,1-4H3/t5-,7+,11+,12+/m1/s1. The van der Waals surface area contributed by atoms with E-state index < -0.39 is 33.2 Å². The molecule has 0 aromatic carbocycles. The highest BCUT2D eigenvalue weighted by Crippen LogP contribution is 2.80. The second-order valence-electron chi connectivity index (χ2n) is 5.77. The van der Waals surface area contributed by atoms with Crippen molar-refractivity contribution in [3.05, 3.63) is 20.1 Å². The topological polar surface area (TPSA) is 36.9 Å². The molecule has 0 amide bonds. The van der Waals surface area contributed by atoms with Crippen LogP contribution in [-0.2, 0) is 18.9 Å². The highest BCUT2D eigenvalue weighted by molar-refractivity contribution is 6.53. The van der Waals surface area contributed by atoms with Crippen LogP contribution in [0.2, 0.25) is 0 Å². The minimum absolute atomic E-state index is 0.0834. The lowest BCUT2D eigenvalue weighted by Gasteiger charge is -2.44. The Morgan fingerprint density at radius 2 is 1.17 bits per heavy atom. The number of hydrogen-bond acceptors (Lipinski definition) is 4. The molecule has 0 aromatic heterocycles. The molecule has 0 spiro atoms. The van der Waals surface area contributed by atoms with Crippen molar-refractivity contribution in [2.45, 2.75) is 21.3 Å². The summed E-state index contributed by atoms with van der Waals surface area (Å²) in [6.45, 7) is 0. The third-order valence-corrected chi connectivity index (χ3v) is 8.96. The van der Waals surface area contributed by atoms with Gasteiger partial charge >= 0.3 is 0 Å². The van der Waals surface area contributed by atoms with Crippen LogP contribution in [-0.4, -0.2) is 49.8 Å². The van der Waals surface area contributed by atoms with Crippen molar-refractivity contribution in [3.63, 3.8) is 0 Å². The molecule has 3 aliphatic rings. The fourth-order valence-electron chi connectivity index (χ4n) is 4.45. The predicted octanol–water partition coefficient (Wildman–Crippen LogP) is 4.57. The first-order valence-corrected chi connectivity index (χ1v) is 9.09. The van der Waals surface area contributed by atoms with Crippen molar-refractivity contribution >= 4 is 69.6 Å². The molecule has 1 saturated carbocycles. The zero-order chi connectivity index (χ0) is 18.3. The first-order chi connectivity index (χ1) is 11.1. The Kier molecular flexibility index (Phi) is 4.77. The lowest BCUT2D eigenvalue weighted by atomic mass is 9.81. The summed E-state index contributed by atoms with van der Waals surface area (Å²) in [6, 6.07) is 0. The van der Waals surface area contributed by atoms with Gasteiger partial charge in [-0.15, -0.1) is 23.2 Å². The summed E-state index contributed by atoms with van der Waals surface area (Å²) in [6.07, 6.45) is 0. The lowest BCUT2D eigenvalue weighted by molar-refractivity contribution is -0.243. The number of fused-ring (bicyclic) bond motifs is 5. The van der Waals surface area contributed by atoms with E-state index >= 15 is 0 Å². The van der Waals surface area contributed by atoms with Gasteiger partial charge in [0.15, 0.2) is 0 Å². The molecule has 0 aromatic rings. The number of alkyl halides is 2. The summed E-state index contributed by atoms with van der Waals surface area (Å²) < 4.78 is 22.5. The van der Waals surface area contributed by atoms with Crippen molar-refractivity contribution in [2.75, 3.05) is 28.4 Å². The third kappa shape index (κ3) is 1.63. The molecule has 0 radical (unpaired) electrons. The van der Waals surface area contributed by atoms with Crippen LogP contribution in [0.4, 0.5) is 0 Å².